The van der Waals surface area contributed by atoms with Gasteiger partial charge in [0.05, 0.1) is 11.6 Å². The van der Waals surface area contributed by atoms with Crippen LogP contribution in [-0.4, -0.2) is 10.9 Å². The summed E-state index contributed by atoms with van der Waals surface area (Å²) in [5.41, 5.74) is 13.1. The van der Waals surface area contributed by atoms with E-state index in [4.69, 9.17) is 11.5 Å². The molecule has 19 heavy (non-hydrogen) atoms. The van der Waals surface area contributed by atoms with Gasteiger partial charge in [-0.3, -0.25) is 4.79 Å². The van der Waals surface area contributed by atoms with Crippen molar-refractivity contribution in [1.29, 1.82) is 0 Å². The molecule has 2 aromatic rings. The van der Waals surface area contributed by atoms with Crippen LogP contribution in [0.1, 0.15) is 28.9 Å². The van der Waals surface area contributed by atoms with E-state index in [-0.39, 0.29) is 6.04 Å². The van der Waals surface area contributed by atoms with E-state index in [2.05, 4.69) is 10.3 Å². The van der Waals surface area contributed by atoms with E-state index in [9.17, 15) is 4.79 Å². The zero-order valence-electron chi connectivity index (χ0n) is 10.6. The van der Waals surface area contributed by atoms with Crippen LogP contribution in [0.4, 0.5) is 11.5 Å². The molecule has 0 aliphatic heterocycles. The molecule has 0 spiro atoms. The first-order valence-electron chi connectivity index (χ1n) is 5.94. The van der Waals surface area contributed by atoms with Crippen LogP contribution in [0.2, 0.25) is 0 Å². The van der Waals surface area contributed by atoms with Gasteiger partial charge in [0.2, 0.25) is 0 Å². The number of nitrogen functional groups attached to an aromatic ring is 1. The number of carbonyl (C=O) groups is 1. The maximum Gasteiger partial charge on any atom is 0.252 e. The highest BCUT2D eigenvalue weighted by atomic mass is 16.1. The third-order valence-corrected chi connectivity index (χ3v) is 2.84. The lowest BCUT2D eigenvalue weighted by Gasteiger charge is -2.16. The van der Waals surface area contributed by atoms with E-state index in [1.807, 2.05) is 31.2 Å². The van der Waals surface area contributed by atoms with Crippen molar-refractivity contribution in [1.82, 2.24) is 4.98 Å². The van der Waals surface area contributed by atoms with Gasteiger partial charge in [0.25, 0.3) is 5.91 Å². The monoisotopic (exact) mass is 256 g/mol. The lowest BCUT2D eigenvalue weighted by molar-refractivity contribution is 0.100. The highest BCUT2D eigenvalue weighted by Gasteiger charge is 2.12. The second-order valence-corrected chi connectivity index (χ2v) is 4.30. The highest BCUT2D eigenvalue weighted by Crippen LogP contribution is 2.21. The molecule has 0 bridgehead atoms. The number of benzene rings is 1. The number of amides is 1. The summed E-state index contributed by atoms with van der Waals surface area (Å²) >= 11 is 0. The third kappa shape index (κ3) is 3.01. The Morgan fingerprint density at radius 3 is 2.79 bits per heavy atom. The summed E-state index contributed by atoms with van der Waals surface area (Å²) in [6.45, 7) is 1.97. The summed E-state index contributed by atoms with van der Waals surface area (Å²) in [5, 5.41) is 3.17. The number of nitrogens with two attached hydrogens (primary N) is 2. The molecule has 0 saturated carbocycles. The number of nitrogens with one attached hydrogen (secondary N) is 1. The van der Waals surface area contributed by atoms with Gasteiger partial charge in [-0.15, -0.1) is 0 Å². The molecule has 1 heterocycles. The number of nitrogens with zero attached hydrogens (tertiary/aromatic N) is 1. The minimum atomic E-state index is -0.504. The van der Waals surface area contributed by atoms with Crippen LogP contribution in [0, 0.1) is 0 Å². The maximum atomic E-state index is 11.3. The lowest BCUT2D eigenvalue weighted by atomic mass is 10.1. The van der Waals surface area contributed by atoms with E-state index < -0.39 is 5.91 Å². The van der Waals surface area contributed by atoms with Gasteiger partial charge < -0.3 is 16.8 Å². The quantitative estimate of drug-likeness (QED) is 0.728. The normalized spacial score (nSPS) is 11.8. The predicted molar refractivity (Wildman–Crippen MR) is 75.6 cm³/mol. The van der Waals surface area contributed by atoms with Crippen LogP contribution < -0.4 is 16.8 Å². The number of primary amides is 1. The van der Waals surface area contributed by atoms with E-state index in [0.717, 1.165) is 5.56 Å². The molecule has 0 radical (unpaired) electrons. The number of pyridine rings is 1. The lowest BCUT2D eigenvalue weighted by Crippen LogP contribution is -2.17. The van der Waals surface area contributed by atoms with Crippen molar-refractivity contribution in [2.75, 3.05) is 11.1 Å². The minimum absolute atomic E-state index is 0.0310. The number of anilines is 2. The SMILES string of the molecule is CC(Nc1ncccc1C(N)=O)c1cccc(N)c1. The first kappa shape index (κ1) is 12.9. The average molecular weight is 256 g/mol. The number of aromatic nitrogens is 1. The van der Waals surface area contributed by atoms with Gasteiger partial charge in [-0.1, -0.05) is 12.1 Å². The molecule has 0 aliphatic carbocycles. The molecule has 0 fully saturated rings. The van der Waals surface area contributed by atoms with Crippen molar-refractivity contribution in [3.8, 4) is 0 Å². The Labute approximate surface area is 111 Å². The molecule has 5 nitrogen and oxygen atoms in total. The standard InChI is InChI=1S/C14H16N4O/c1-9(10-4-2-5-11(15)8-10)18-14-12(13(16)19)6-3-7-17-14/h2-9H,15H2,1H3,(H2,16,19)(H,17,18). The summed E-state index contributed by atoms with van der Waals surface area (Å²) in [7, 11) is 0. The predicted octanol–water partition coefficient (Wildman–Crippen LogP) is 1.94. The number of hydrogen-bond acceptors (Lipinski definition) is 4. The average Bonchev–Trinajstić information content (AvgIpc) is 2.39. The van der Waals surface area contributed by atoms with Gasteiger partial charge in [-0.05, 0) is 36.8 Å². The van der Waals surface area contributed by atoms with Crippen LogP contribution in [0.3, 0.4) is 0 Å². The van der Waals surface area contributed by atoms with E-state index in [0.29, 0.717) is 17.1 Å². The van der Waals surface area contributed by atoms with Crippen LogP contribution in [0.25, 0.3) is 0 Å². The van der Waals surface area contributed by atoms with Gasteiger partial charge in [-0.2, -0.15) is 0 Å². The van der Waals surface area contributed by atoms with E-state index in [1.54, 1.807) is 18.3 Å². The Kier molecular flexibility index (Phi) is 3.66. The molecule has 5 heteroatoms. The molecule has 2 rings (SSSR count). The minimum Gasteiger partial charge on any atom is -0.399 e. The zero-order valence-corrected chi connectivity index (χ0v) is 10.6. The van der Waals surface area contributed by atoms with Crippen LogP contribution in [-0.2, 0) is 0 Å². The Morgan fingerprint density at radius 2 is 2.11 bits per heavy atom. The van der Waals surface area contributed by atoms with Gasteiger partial charge >= 0.3 is 0 Å². The fourth-order valence-electron chi connectivity index (χ4n) is 1.84. The second kappa shape index (κ2) is 5.39. The highest BCUT2D eigenvalue weighted by molar-refractivity contribution is 5.97. The summed E-state index contributed by atoms with van der Waals surface area (Å²) in [6.07, 6.45) is 1.61. The molecule has 1 aromatic carbocycles. The maximum absolute atomic E-state index is 11.3. The van der Waals surface area contributed by atoms with Gasteiger partial charge in [-0.25, -0.2) is 4.98 Å². The van der Waals surface area contributed by atoms with Gasteiger partial charge in [0.15, 0.2) is 0 Å². The van der Waals surface area contributed by atoms with Gasteiger partial charge in [0, 0.05) is 11.9 Å². The van der Waals surface area contributed by atoms with Crippen LogP contribution >= 0.6 is 0 Å². The number of rotatable bonds is 4. The Morgan fingerprint density at radius 1 is 1.32 bits per heavy atom. The summed E-state index contributed by atoms with van der Waals surface area (Å²) in [5.74, 6) is -0.0275. The van der Waals surface area contributed by atoms with Crippen LogP contribution in [0.15, 0.2) is 42.6 Å². The first-order valence-corrected chi connectivity index (χ1v) is 5.94. The molecule has 98 valence electrons. The molecule has 0 saturated heterocycles. The zero-order chi connectivity index (χ0) is 13.8. The van der Waals surface area contributed by atoms with Crippen molar-refractivity contribution < 1.29 is 4.79 Å². The fourth-order valence-corrected chi connectivity index (χ4v) is 1.84. The summed E-state index contributed by atoms with van der Waals surface area (Å²) < 4.78 is 0. The van der Waals surface area contributed by atoms with E-state index in [1.165, 1.54) is 0 Å². The Hall–Kier alpha value is -2.56. The molecular weight excluding hydrogens is 240 g/mol. The third-order valence-electron chi connectivity index (χ3n) is 2.84. The number of hydrogen-bond donors (Lipinski definition) is 3. The number of carbonyl (C=O) groups excluding carboxylic acids is 1. The molecule has 1 aromatic heterocycles. The second-order valence-electron chi connectivity index (χ2n) is 4.30. The Balaban J connectivity index is 2.24. The molecule has 0 aliphatic rings. The first-order chi connectivity index (χ1) is 9.08. The molecule has 5 N–H and O–H groups in total. The van der Waals surface area contributed by atoms with E-state index >= 15 is 0 Å². The molecule has 1 unspecified atom stereocenters. The molecule has 1 amide bonds. The molecular formula is C14H16N4O. The Bertz CT molecular complexity index is 598. The van der Waals surface area contributed by atoms with Crippen molar-refractivity contribution in [2.45, 2.75) is 13.0 Å². The van der Waals surface area contributed by atoms with Crippen LogP contribution in [0.5, 0.6) is 0 Å². The fraction of sp³-hybridized carbons (Fsp3) is 0.143. The smallest absolute Gasteiger partial charge is 0.252 e. The van der Waals surface area contributed by atoms with Crippen molar-refractivity contribution in [3.63, 3.8) is 0 Å². The largest absolute Gasteiger partial charge is 0.399 e. The van der Waals surface area contributed by atoms with Crippen molar-refractivity contribution in [2.24, 2.45) is 5.73 Å². The summed E-state index contributed by atoms with van der Waals surface area (Å²) in [6, 6.07) is 10.8. The summed E-state index contributed by atoms with van der Waals surface area (Å²) in [4.78, 5) is 15.5. The van der Waals surface area contributed by atoms with Gasteiger partial charge in [0.1, 0.15) is 5.82 Å². The topological polar surface area (TPSA) is 94.0 Å². The van der Waals surface area contributed by atoms with Crippen molar-refractivity contribution >= 4 is 17.4 Å². The molecule has 1 atom stereocenters. The van der Waals surface area contributed by atoms with Crippen molar-refractivity contribution in [3.05, 3.63) is 53.7 Å².